The molecule has 3 heterocycles. The van der Waals surface area contributed by atoms with E-state index in [-0.39, 0.29) is 5.92 Å². The third-order valence-electron chi connectivity index (χ3n) is 3.07. The number of aromatic nitrogens is 4. The molecule has 0 radical (unpaired) electrons. The van der Waals surface area contributed by atoms with Gasteiger partial charge >= 0.3 is 0 Å². The zero-order valence-corrected chi connectivity index (χ0v) is 12.3. The minimum atomic E-state index is 0.218. The first-order chi connectivity index (χ1) is 9.83. The Balaban J connectivity index is 1.61. The van der Waals surface area contributed by atoms with Gasteiger partial charge in [-0.3, -0.25) is 0 Å². The van der Waals surface area contributed by atoms with Crippen molar-refractivity contribution in [3.05, 3.63) is 28.8 Å². The summed E-state index contributed by atoms with van der Waals surface area (Å²) in [6, 6.07) is 0. The summed E-state index contributed by atoms with van der Waals surface area (Å²) in [6.45, 7) is 1.91. The molecule has 0 saturated carbocycles. The minimum Gasteiger partial charge on any atom is -0.423 e. The van der Waals surface area contributed by atoms with Crippen LogP contribution in [0.5, 0.6) is 0 Å². The lowest BCUT2D eigenvalue weighted by Gasteiger charge is -2.18. The van der Waals surface area contributed by atoms with Gasteiger partial charge in [0.1, 0.15) is 12.1 Å². The molecule has 1 saturated heterocycles. The zero-order chi connectivity index (χ0) is 13.8. The molecule has 1 aliphatic rings. The van der Waals surface area contributed by atoms with Crippen LogP contribution in [0.3, 0.4) is 0 Å². The van der Waals surface area contributed by atoms with Crippen molar-refractivity contribution in [2.45, 2.75) is 25.3 Å². The SMILES string of the molecule is Brc1cncnc1NCc1nnc(C2CCCOC2)o1. The van der Waals surface area contributed by atoms with Crippen molar-refractivity contribution < 1.29 is 9.15 Å². The van der Waals surface area contributed by atoms with E-state index in [9.17, 15) is 0 Å². The molecule has 3 rings (SSSR count). The van der Waals surface area contributed by atoms with E-state index in [1.54, 1.807) is 6.20 Å². The summed E-state index contributed by atoms with van der Waals surface area (Å²) < 4.78 is 11.9. The highest BCUT2D eigenvalue weighted by molar-refractivity contribution is 9.10. The second-order valence-electron chi connectivity index (χ2n) is 4.52. The molecule has 1 aliphatic heterocycles. The van der Waals surface area contributed by atoms with Gasteiger partial charge in [-0.1, -0.05) is 0 Å². The van der Waals surface area contributed by atoms with Crippen LogP contribution < -0.4 is 5.32 Å². The third-order valence-corrected chi connectivity index (χ3v) is 3.65. The second-order valence-corrected chi connectivity index (χ2v) is 5.38. The van der Waals surface area contributed by atoms with Crippen molar-refractivity contribution in [3.8, 4) is 0 Å². The highest BCUT2D eigenvalue weighted by atomic mass is 79.9. The number of rotatable bonds is 4. The average molecular weight is 340 g/mol. The molecule has 106 valence electrons. The Kier molecular flexibility index (Phi) is 4.22. The van der Waals surface area contributed by atoms with Crippen LogP contribution >= 0.6 is 15.9 Å². The van der Waals surface area contributed by atoms with Gasteiger partial charge < -0.3 is 14.5 Å². The third kappa shape index (κ3) is 3.13. The van der Waals surface area contributed by atoms with Gasteiger partial charge in [0, 0.05) is 12.8 Å². The predicted molar refractivity (Wildman–Crippen MR) is 74.2 cm³/mol. The van der Waals surface area contributed by atoms with Crippen molar-refractivity contribution in [2.75, 3.05) is 18.5 Å². The van der Waals surface area contributed by atoms with E-state index in [2.05, 4.69) is 41.4 Å². The molecular formula is C12H14BrN5O2. The zero-order valence-electron chi connectivity index (χ0n) is 10.8. The maximum atomic E-state index is 5.66. The monoisotopic (exact) mass is 339 g/mol. The fourth-order valence-corrected chi connectivity index (χ4v) is 2.40. The van der Waals surface area contributed by atoms with Crippen LogP contribution in [0.15, 0.2) is 21.4 Å². The van der Waals surface area contributed by atoms with Crippen molar-refractivity contribution in [1.82, 2.24) is 20.2 Å². The van der Waals surface area contributed by atoms with Gasteiger partial charge in [0.2, 0.25) is 11.8 Å². The van der Waals surface area contributed by atoms with Gasteiger partial charge in [-0.05, 0) is 28.8 Å². The largest absolute Gasteiger partial charge is 0.423 e. The topological polar surface area (TPSA) is 86.0 Å². The van der Waals surface area contributed by atoms with E-state index in [0.29, 0.717) is 30.8 Å². The average Bonchev–Trinajstić information content (AvgIpc) is 2.96. The van der Waals surface area contributed by atoms with E-state index in [0.717, 1.165) is 23.9 Å². The van der Waals surface area contributed by atoms with Crippen molar-refractivity contribution in [3.63, 3.8) is 0 Å². The summed E-state index contributed by atoms with van der Waals surface area (Å²) in [5.41, 5.74) is 0. The Bertz CT molecular complexity index is 570. The van der Waals surface area contributed by atoms with Gasteiger partial charge in [0.25, 0.3) is 0 Å². The van der Waals surface area contributed by atoms with Crippen LogP contribution in [0.25, 0.3) is 0 Å². The summed E-state index contributed by atoms with van der Waals surface area (Å²) in [6.07, 6.45) is 5.22. The van der Waals surface area contributed by atoms with E-state index in [1.807, 2.05) is 0 Å². The first kappa shape index (κ1) is 13.4. The first-order valence-electron chi connectivity index (χ1n) is 6.42. The molecule has 2 aromatic rings. The van der Waals surface area contributed by atoms with Crippen molar-refractivity contribution in [1.29, 1.82) is 0 Å². The number of nitrogens with one attached hydrogen (secondary N) is 1. The molecule has 20 heavy (non-hydrogen) atoms. The lowest BCUT2D eigenvalue weighted by atomic mass is 10.0. The van der Waals surface area contributed by atoms with Gasteiger partial charge in [-0.15, -0.1) is 10.2 Å². The van der Waals surface area contributed by atoms with Gasteiger partial charge in [0.05, 0.1) is 23.5 Å². The minimum absolute atomic E-state index is 0.218. The summed E-state index contributed by atoms with van der Waals surface area (Å²) in [5, 5.41) is 11.3. The Labute approximate surface area is 124 Å². The Morgan fingerprint density at radius 2 is 2.35 bits per heavy atom. The molecule has 0 aromatic carbocycles. The molecule has 1 atom stereocenters. The van der Waals surface area contributed by atoms with E-state index in [1.165, 1.54) is 6.33 Å². The summed E-state index contributed by atoms with van der Waals surface area (Å²) in [5.74, 6) is 2.11. The standard InChI is InChI=1S/C12H14BrN5O2/c13-9-4-14-7-16-11(9)15-5-10-17-18-12(20-10)8-2-1-3-19-6-8/h4,7-8H,1-3,5-6H2,(H,14,15,16). The lowest BCUT2D eigenvalue weighted by Crippen LogP contribution is -2.15. The fraction of sp³-hybridized carbons (Fsp3) is 0.500. The fourth-order valence-electron chi connectivity index (χ4n) is 2.04. The molecule has 0 spiro atoms. The van der Waals surface area contributed by atoms with Crippen LogP contribution in [-0.4, -0.2) is 33.4 Å². The molecule has 0 amide bonds. The maximum Gasteiger partial charge on any atom is 0.235 e. The summed E-state index contributed by atoms with van der Waals surface area (Å²) in [4.78, 5) is 8.01. The van der Waals surface area contributed by atoms with Gasteiger partial charge in [0.15, 0.2) is 0 Å². The van der Waals surface area contributed by atoms with E-state index in [4.69, 9.17) is 9.15 Å². The van der Waals surface area contributed by atoms with Gasteiger partial charge in [-0.25, -0.2) is 9.97 Å². The number of halogens is 1. The maximum absolute atomic E-state index is 5.66. The van der Waals surface area contributed by atoms with Crippen LogP contribution in [0.1, 0.15) is 30.5 Å². The summed E-state index contributed by atoms with van der Waals surface area (Å²) >= 11 is 3.37. The highest BCUT2D eigenvalue weighted by Crippen LogP contribution is 2.24. The normalized spacial score (nSPS) is 18.9. The van der Waals surface area contributed by atoms with Crippen molar-refractivity contribution >= 4 is 21.7 Å². The molecule has 2 aromatic heterocycles. The molecule has 1 unspecified atom stereocenters. The second kappa shape index (κ2) is 6.27. The Hall–Kier alpha value is -1.54. The van der Waals surface area contributed by atoms with E-state index < -0.39 is 0 Å². The lowest BCUT2D eigenvalue weighted by molar-refractivity contribution is 0.0722. The van der Waals surface area contributed by atoms with Crippen LogP contribution in [-0.2, 0) is 11.3 Å². The Morgan fingerprint density at radius 1 is 1.40 bits per heavy atom. The molecule has 0 bridgehead atoms. The Morgan fingerprint density at radius 3 is 3.15 bits per heavy atom. The van der Waals surface area contributed by atoms with Crippen LogP contribution in [0.2, 0.25) is 0 Å². The van der Waals surface area contributed by atoms with Crippen molar-refractivity contribution in [2.24, 2.45) is 0 Å². The summed E-state index contributed by atoms with van der Waals surface area (Å²) in [7, 11) is 0. The van der Waals surface area contributed by atoms with Crippen LogP contribution in [0.4, 0.5) is 5.82 Å². The van der Waals surface area contributed by atoms with E-state index >= 15 is 0 Å². The number of anilines is 1. The molecule has 8 heteroatoms. The highest BCUT2D eigenvalue weighted by Gasteiger charge is 2.21. The molecular weight excluding hydrogens is 326 g/mol. The predicted octanol–water partition coefficient (Wildman–Crippen LogP) is 2.13. The van der Waals surface area contributed by atoms with Gasteiger partial charge in [-0.2, -0.15) is 0 Å². The number of nitrogens with zero attached hydrogens (tertiary/aromatic N) is 4. The molecule has 1 N–H and O–H groups in total. The smallest absolute Gasteiger partial charge is 0.235 e. The number of hydrogen-bond donors (Lipinski definition) is 1. The molecule has 0 aliphatic carbocycles. The first-order valence-corrected chi connectivity index (χ1v) is 7.21. The number of ether oxygens (including phenoxy) is 1. The molecule has 7 nitrogen and oxygen atoms in total. The number of hydrogen-bond acceptors (Lipinski definition) is 7. The molecule has 1 fully saturated rings. The quantitative estimate of drug-likeness (QED) is 0.912. The van der Waals surface area contributed by atoms with Crippen LogP contribution in [0, 0.1) is 0 Å².